The lowest BCUT2D eigenvalue weighted by molar-refractivity contribution is -0.118. The van der Waals surface area contributed by atoms with E-state index in [2.05, 4.69) is 10.3 Å². The van der Waals surface area contributed by atoms with Gasteiger partial charge in [0.25, 0.3) is 5.56 Å². The number of nitrogens with zero attached hydrogens (tertiary/aromatic N) is 2. The Morgan fingerprint density at radius 2 is 1.93 bits per heavy atom. The summed E-state index contributed by atoms with van der Waals surface area (Å²) >= 11 is 1.25. The molecule has 0 bridgehead atoms. The van der Waals surface area contributed by atoms with Crippen molar-refractivity contribution >= 4 is 39.6 Å². The number of methoxy groups -OCH3 is 1. The van der Waals surface area contributed by atoms with Crippen LogP contribution in [0.25, 0.3) is 21.9 Å². The fourth-order valence-corrected chi connectivity index (χ4v) is 4.09. The summed E-state index contributed by atoms with van der Waals surface area (Å²) in [5, 5.41) is 4.29. The Kier molecular flexibility index (Phi) is 6.15. The second kappa shape index (κ2) is 9.15. The van der Waals surface area contributed by atoms with Crippen LogP contribution >= 0.6 is 11.8 Å². The summed E-state index contributed by atoms with van der Waals surface area (Å²) < 4.78 is 6.72. The molecular weight excluding hydrogens is 400 g/mol. The number of para-hydroxylation sites is 1. The fraction of sp³-hybridized carbons (Fsp3) is 0.227. The molecule has 7 nitrogen and oxygen atoms in total. The first-order valence-corrected chi connectivity index (χ1v) is 10.6. The van der Waals surface area contributed by atoms with Crippen LogP contribution < -0.4 is 10.9 Å². The molecule has 0 spiro atoms. The third-order valence-electron chi connectivity index (χ3n) is 4.76. The second-order valence-corrected chi connectivity index (χ2v) is 7.73. The number of carbonyl (C=O) groups is 1. The molecule has 1 amide bonds. The molecule has 2 N–H and O–H groups in total. The number of thioether (sulfide) groups is 1. The van der Waals surface area contributed by atoms with Gasteiger partial charge in [-0.1, -0.05) is 60.3 Å². The quantitative estimate of drug-likeness (QED) is 0.337. The number of aromatic amines is 1. The van der Waals surface area contributed by atoms with Gasteiger partial charge in [0.15, 0.2) is 5.16 Å². The molecule has 0 aliphatic carbocycles. The number of hydrogen-bond donors (Lipinski definition) is 2. The zero-order valence-corrected chi connectivity index (χ0v) is 17.4. The van der Waals surface area contributed by atoms with Gasteiger partial charge in [-0.15, -0.1) is 0 Å². The van der Waals surface area contributed by atoms with Gasteiger partial charge in [-0.05, 0) is 11.6 Å². The van der Waals surface area contributed by atoms with Crippen molar-refractivity contribution < 1.29 is 9.53 Å². The third-order valence-corrected chi connectivity index (χ3v) is 5.74. The Bertz CT molecular complexity index is 1230. The van der Waals surface area contributed by atoms with Gasteiger partial charge in [0.05, 0.1) is 18.9 Å². The van der Waals surface area contributed by atoms with Crippen LogP contribution in [0.2, 0.25) is 0 Å². The molecule has 0 unspecified atom stereocenters. The van der Waals surface area contributed by atoms with E-state index in [1.807, 2.05) is 54.6 Å². The zero-order chi connectivity index (χ0) is 20.9. The molecule has 0 atom stereocenters. The molecule has 30 heavy (non-hydrogen) atoms. The molecule has 0 aliphatic heterocycles. The number of hydrogen-bond acceptors (Lipinski definition) is 5. The van der Waals surface area contributed by atoms with Crippen molar-refractivity contribution in [3.8, 4) is 0 Å². The number of carbonyl (C=O) groups excluding carboxylic acids is 1. The number of H-pyrrole nitrogens is 1. The predicted octanol–water partition coefficient (Wildman–Crippen LogP) is 2.93. The monoisotopic (exact) mass is 422 g/mol. The number of rotatable bonds is 8. The first-order valence-electron chi connectivity index (χ1n) is 9.61. The maximum Gasteiger partial charge on any atom is 0.278 e. The minimum Gasteiger partial charge on any atom is -0.383 e. The van der Waals surface area contributed by atoms with E-state index < -0.39 is 0 Å². The van der Waals surface area contributed by atoms with E-state index in [1.165, 1.54) is 11.8 Å². The summed E-state index contributed by atoms with van der Waals surface area (Å²) in [5.41, 5.74) is 2.81. The molecule has 4 rings (SSSR count). The van der Waals surface area contributed by atoms with E-state index in [1.54, 1.807) is 11.7 Å². The number of fused-ring (bicyclic) bond motifs is 3. The highest BCUT2D eigenvalue weighted by Crippen LogP contribution is 2.24. The molecule has 0 radical (unpaired) electrons. The van der Waals surface area contributed by atoms with Crippen molar-refractivity contribution in [1.82, 2.24) is 19.9 Å². The molecule has 0 saturated carbocycles. The molecule has 0 aliphatic rings. The average Bonchev–Trinajstić information content (AvgIpc) is 3.15. The van der Waals surface area contributed by atoms with E-state index in [-0.39, 0.29) is 17.2 Å². The summed E-state index contributed by atoms with van der Waals surface area (Å²) in [5.74, 6) is 0.0514. The summed E-state index contributed by atoms with van der Waals surface area (Å²) in [4.78, 5) is 33.3. The molecule has 4 aromatic rings. The largest absolute Gasteiger partial charge is 0.383 e. The Hall–Kier alpha value is -3.10. The summed E-state index contributed by atoms with van der Waals surface area (Å²) in [6.45, 7) is 1.20. The van der Waals surface area contributed by atoms with E-state index in [4.69, 9.17) is 9.72 Å². The zero-order valence-electron chi connectivity index (χ0n) is 16.6. The highest BCUT2D eigenvalue weighted by molar-refractivity contribution is 7.99. The van der Waals surface area contributed by atoms with E-state index in [9.17, 15) is 9.59 Å². The van der Waals surface area contributed by atoms with Crippen LogP contribution in [0.4, 0.5) is 0 Å². The Morgan fingerprint density at radius 1 is 1.17 bits per heavy atom. The first kappa shape index (κ1) is 20.2. The highest BCUT2D eigenvalue weighted by Gasteiger charge is 2.16. The van der Waals surface area contributed by atoms with Crippen molar-refractivity contribution in [3.63, 3.8) is 0 Å². The van der Waals surface area contributed by atoms with Crippen molar-refractivity contribution in [1.29, 1.82) is 0 Å². The van der Waals surface area contributed by atoms with Crippen molar-refractivity contribution in [2.24, 2.45) is 0 Å². The van der Waals surface area contributed by atoms with Gasteiger partial charge in [-0.2, -0.15) is 0 Å². The molecule has 2 heterocycles. The summed E-state index contributed by atoms with van der Waals surface area (Å²) in [7, 11) is 1.59. The van der Waals surface area contributed by atoms with E-state index in [0.717, 1.165) is 16.5 Å². The number of amides is 1. The maximum atomic E-state index is 13.1. The fourth-order valence-electron chi connectivity index (χ4n) is 3.24. The van der Waals surface area contributed by atoms with E-state index in [0.29, 0.717) is 35.9 Å². The van der Waals surface area contributed by atoms with Crippen molar-refractivity contribution in [2.75, 3.05) is 19.5 Å². The first-order chi connectivity index (χ1) is 14.7. The van der Waals surface area contributed by atoms with Gasteiger partial charge < -0.3 is 15.0 Å². The lowest BCUT2D eigenvalue weighted by Gasteiger charge is -2.11. The molecule has 2 aromatic heterocycles. The summed E-state index contributed by atoms with van der Waals surface area (Å²) in [6.07, 6.45) is 0. The third kappa shape index (κ3) is 4.24. The Morgan fingerprint density at radius 3 is 2.73 bits per heavy atom. The number of ether oxygens (including phenoxy) is 1. The van der Waals surface area contributed by atoms with Gasteiger partial charge in [-0.3, -0.25) is 14.2 Å². The number of nitrogens with one attached hydrogen (secondary N) is 2. The van der Waals surface area contributed by atoms with Crippen LogP contribution in [-0.2, 0) is 22.6 Å². The normalized spacial score (nSPS) is 11.2. The smallest absolute Gasteiger partial charge is 0.278 e. The van der Waals surface area contributed by atoms with Gasteiger partial charge >= 0.3 is 0 Å². The van der Waals surface area contributed by atoms with Gasteiger partial charge in [-0.25, -0.2) is 4.98 Å². The topological polar surface area (TPSA) is 89.0 Å². The second-order valence-electron chi connectivity index (χ2n) is 6.79. The van der Waals surface area contributed by atoms with Gasteiger partial charge in [0.2, 0.25) is 5.91 Å². The number of benzene rings is 2. The Labute approximate surface area is 177 Å². The molecular formula is C22H22N4O3S. The van der Waals surface area contributed by atoms with Crippen LogP contribution in [0.3, 0.4) is 0 Å². The molecule has 154 valence electrons. The van der Waals surface area contributed by atoms with Gasteiger partial charge in [0.1, 0.15) is 11.0 Å². The standard InChI is InChI=1S/C22H22N4O3S/c1-29-12-11-26-21(28)20-19(16-9-5-6-10-17(16)24-20)25-22(26)30-14-18(27)23-13-15-7-3-2-4-8-15/h2-10,24H,11-14H2,1H3,(H,23,27). The number of aromatic nitrogens is 3. The molecule has 8 heteroatoms. The van der Waals surface area contributed by atoms with Gasteiger partial charge in [0, 0.05) is 24.6 Å². The van der Waals surface area contributed by atoms with Crippen LogP contribution in [-0.4, -0.2) is 39.9 Å². The lowest BCUT2D eigenvalue weighted by atomic mass is 10.2. The lowest BCUT2D eigenvalue weighted by Crippen LogP contribution is -2.27. The molecule has 2 aromatic carbocycles. The van der Waals surface area contributed by atoms with Crippen molar-refractivity contribution in [3.05, 3.63) is 70.5 Å². The predicted molar refractivity (Wildman–Crippen MR) is 119 cm³/mol. The molecule has 0 fully saturated rings. The minimum absolute atomic E-state index is 0.115. The molecule has 0 saturated heterocycles. The van der Waals surface area contributed by atoms with Crippen LogP contribution in [0.1, 0.15) is 5.56 Å². The van der Waals surface area contributed by atoms with Crippen LogP contribution in [0.15, 0.2) is 64.5 Å². The van der Waals surface area contributed by atoms with Crippen LogP contribution in [0, 0.1) is 0 Å². The Balaban J connectivity index is 1.58. The summed E-state index contributed by atoms with van der Waals surface area (Å²) in [6, 6.07) is 17.4. The maximum absolute atomic E-state index is 13.1. The SMILES string of the molecule is COCCn1c(SCC(=O)NCc2ccccc2)nc2c([nH]c3ccccc32)c1=O. The highest BCUT2D eigenvalue weighted by atomic mass is 32.2. The minimum atomic E-state index is -0.166. The van der Waals surface area contributed by atoms with Crippen molar-refractivity contribution in [2.45, 2.75) is 18.2 Å². The average molecular weight is 423 g/mol. The van der Waals surface area contributed by atoms with E-state index >= 15 is 0 Å². The van der Waals surface area contributed by atoms with Crippen LogP contribution in [0.5, 0.6) is 0 Å².